The van der Waals surface area contributed by atoms with E-state index in [4.69, 9.17) is 15.0 Å². The van der Waals surface area contributed by atoms with Crippen molar-refractivity contribution in [1.29, 1.82) is 0 Å². The molecule has 1 saturated heterocycles. The van der Waals surface area contributed by atoms with Gasteiger partial charge in [-0.15, -0.1) is 0 Å². The van der Waals surface area contributed by atoms with Crippen LogP contribution in [0.25, 0.3) is 0 Å². The van der Waals surface area contributed by atoms with Gasteiger partial charge in [0, 0.05) is 11.7 Å². The third kappa shape index (κ3) is 3.46. The Morgan fingerprint density at radius 3 is 2.27 bits per heavy atom. The van der Waals surface area contributed by atoms with E-state index >= 15 is 0 Å². The Kier molecular flexibility index (Phi) is 4.08. The van der Waals surface area contributed by atoms with E-state index < -0.39 is 31.1 Å². The maximum atomic E-state index is 12.2. The molecule has 0 amide bonds. The summed E-state index contributed by atoms with van der Waals surface area (Å²) in [6.45, 7) is 6.06. The fourth-order valence-corrected chi connectivity index (χ4v) is 1.85. The average molecular weight is 318 g/mol. The normalized spacial score (nSPS) is 20.2. The molecule has 0 saturated carbocycles. The number of alkyl halides is 3. The molecule has 2 heterocycles. The molecule has 0 aromatic carbocycles. The molecule has 0 bridgehead atoms. The fourth-order valence-electron chi connectivity index (χ4n) is 1.85. The van der Waals surface area contributed by atoms with Gasteiger partial charge in [0.15, 0.2) is 18.2 Å². The molecule has 1 aromatic rings. The molecule has 1 aromatic heterocycles. The molecule has 1 aliphatic heterocycles. The van der Waals surface area contributed by atoms with Crippen LogP contribution >= 0.6 is 0 Å². The number of nitrogen functional groups attached to an aromatic ring is 1. The Morgan fingerprint density at radius 2 is 1.77 bits per heavy atom. The number of aromatic nitrogens is 1. The molecule has 0 unspecified atom stereocenters. The molecule has 1 aliphatic rings. The first-order valence-corrected chi connectivity index (χ1v) is 6.72. The van der Waals surface area contributed by atoms with E-state index in [0.29, 0.717) is 5.46 Å². The number of hydrogen-bond donors (Lipinski definition) is 1. The maximum Gasteiger partial charge on any atom is 0.496 e. The van der Waals surface area contributed by atoms with Crippen molar-refractivity contribution >= 4 is 18.4 Å². The molecule has 0 atom stereocenters. The van der Waals surface area contributed by atoms with Gasteiger partial charge in [0.25, 0.3) is 0 Å². The van der Waals surface area contributed by atoms with Crippen molar-refractivity contribution in [2.75, 3.05) is 12.3 Å². The second-order valence-electron chi connectivity index (χ2n) is 6.14. The molecule has 2 rings (SSSR count). The van der Waals surface area contributed by atoms with Gasteiger partial charge in [-0.05, 0) is 33.8 Å². The van der Waals surface area contributed by atoms with Gasteiger partial charge in [0.05, 0.1) is 11.2 Å². The Labute approximate surface area is 127 Å². The van der Waals surface area contributed by atoms with Crippen molar-refractivity contribution in [3.8, 4) is 5.75 Å². The summed E-state index contributed by atoms with van der Waals surface area (Å²) < 4.78 is 53.0. The van der Waals surface area contributed by atoms with E-state index in [-0.39, 0.29) is 11.6 Å². The second-order valence-corrected chi connectivity index (χ2v) is 6.14. The summed E-state index contributed by atoms with van der Waals surface area (Å²) in [6.07, 6.45) is -3.05. The molecule has 122 valence electrons. The van der Waals surface area contributed by atoms with Crippen molar-refractivity contribution in [3.63, 3.8) is 0 Å². The first-order chi connectivity index (χ1) is 9.91. The fraction of sp³-hybridized carbons (Fsp3) is 0.615. The molecule has 0 radical (unpaired) electrons. The summed E-state index contributed by atoms with van der Waals surface area (Å²) in [5.41, 5.74) is 4.86. The van der Waals surface area contributed by atoms with Crippen LogP contribution in [0.4, 0.5) is 19.0 Å². The summed E-state index contributed by atoms with van der Waals surface area (Å²) in [4.78, 5) is 3.85. The van der Waals surface area contributed by atoms with Gasteiger partial charge in [0.1, 0.15) is 0 Å². The van der Waals surface area contributed by atoms with Gasteiger partial charge in [0.2, 0.25) is 0 Å². The maximum absolute atomic E-state index is 12.2. The third-order valence-corrected chi connectivity index (χ3v) is 3.82. The lowest BCUT2D eigenvalue weighted by molar-refractivity contribution is -0.153. The summed E-state index contributed by atoms with van der Waals surface area (Å²) in [5.74, 6) is -0.269. The highest BCUT2D eigenvalue weighted by atomic mass is 19.4. The third-order valence-electron chi connectivity index (χ3n) is 3.82. The number of halogens is 3. The minimum Gasteiger partial charge on any atom is -0.480 e. The Morgan fingerprint density at radius 1 is 1.23 bits per heavy atom. The smallest absolute Gasteiger partial charge is 0.480 e. The lowest BCUT2D eigenvalue weighted by atomic mass is 9.80. The minimum absolute atomic E-state index is 0.121. The van der Waals surface area contributed by atoms with E-state index in [0.717, 1.165) is 0 Å². The van der Waals surface area contributed by atoms with Gasteiger partial charge >= 0.3 is 13.3 Å². The zero-order valence-corrected chi connectivity index (χ0v) is 12.8. The summed E-state index contributed by atoms with van der Waals surface area (Å²) in [5, 5.41) is 0. The minimum atomic E-state index is -4.45. The largest absolute Gasteiger partial charge is 0.496 e. The topological polar surface area (TPSA) is 66.6 Å². The molecule has 1 fully saturated rings. The van der Waals surface area contributed by atoms with Gasteiger partial charge < -0.3 is 19.8 Å². The van der Waals surface area contributed by atoms with E-state index in [9.17, 15) is 13.2 Å². The Balaban J connectivity index is 2.20. The number of hydrogen-bond acceptors (Lipinski definition) is 5. The molecule has 9 heteroatoms. The van der Waals surface area contributed by atoms with Crippen LogP contribution in [0.3, 0.4) is 0 Å². The second kappa shape index (κ2) is 5.31. The highest BCUT2D eigenvalue weighted by Gasteiger charge is 2.52. The summed E-state index contributed by atoms with van der Waals surface area (Å²) in [7, 11) is -0.744. The van der Waals surface area contributed by atoms with Crippen molar-refractivity contribution in [2.24, 2.45) is 0 Å². The van der Waals surface area contributed by atoms with E-state index in [2.05, 4.69) is 9.72 Å². The number of ether oxygens (including phenoxy) is 1. The highest BCUT2D eigenvalue weighted by Crippen LogP contribution is 2.36. The molecule has 22 heavy (non-hydrogen) atoms. The first-order valence-electron chi connectivity index (χ1n) is 6.72. The first kappa shape index (κ1) is 16.9. The van der Waals surface area contributed by atoms with Crippen LogP contribution in [0.1, 0.15) is 27.7 Å². The van der Waals surface area contributed by atoms with Crippen LogP contribution in [0.2, 0.25) is 0 Å². The quantitative estimate of drug-likeness (QED) is 0.862. The van der Waals surface area contributed by atoms with Crippen LogP contribution in [0, 0.1) is 0 Å². The van der Waals surface area contributed by atoms with E-state index in [1.54, 1.807) is 0 Å². The van der Waals surface area contributed by atoms with Crippen molar-refractivity contribution in [2.45, 2.75) is 45.1 Å². The van der Waals surface area contributed by atoms with Crippen molar-refractivity contribution in [1.82, 2.24) is 4.98 Å². The number of rotatable bonds is 3. The Hall–Kier alpha value is -1.48. The number of anilines is 1. The molecule has 0 aliphatic carbocycles. The lowest BCUT2D eigenvalue weighted by Gasteiger charge is -2.32. The Bertz CT molecular complexity index is 548. The van der Waals surface area contributed by atoms with Crippen molar-refractivity contribution in [3.05, 3.63) is 12.3 Å². The van der Waals surface area contributed by atoms with Gasteiger partial charge in [-0.2, -0.15) is 13.2 Å². The van der Waals surface area contributed by atoms with Gasteiger partial charge in [-0.3, -0.25) is 0 Å². The monoisotopic (exact) mass is 318 g/mol. The number of nitrogens with zero attached hydrogens (tertiary/aromatic N) is 1. The van der Waals surface area contributed by atoms with Crippen LogP contribution in [-0.4, -0.2) is 36.1 Å². The van der Waals surface area contributed by atoms with Crippen LogP contribution in [0.5, 0.6) is 5.75 Å². The van der Waals surface area contributed by atoms with Crippen molar-refractivity contribution < 1.29 is 27.2 Å². The van der Waals surface area contributed by atoms with Crippen LogP contribution in [0.15, 0.2) is 12.3 Å². The molecule has 0 spiro atoms. The zero-order chi connectivity index (χ0) is 16.8. The summed E-state index contributed by atoms with van der Waals surface area (Å²) in [6, 6.07) is 1.36. The number of nitrogens with two attached hydrogens (primary N) is 1. The molecule has 5 nitrogen and oxygen atoms in total. The molecule has 2 N–H and O–H groups in total. The van der Waals surface area contributed by atoms with Crippen LogP contribution < -0.4 is 15.9 Å². The zero-order valence-electron chi connectivity index (χ0n) is 12.8. The van der Waals surface area contributed by atoms with E-state index in [1.165, 1.54) is 12.3 Å². The lowest BCUT2D eigenvalue weighted by Crippen LogP contribution is -2.41. The van der Waals surface area contributed by atoms with Gasteiger partial charge in [-0.25, -0.2) is 4.98 Å². The standard InChI is InChI=1S/C13H18BF3N2O3/c1-11(2)12(3,4)22-14(21-11)8-5-9(10(18)19-6-8)20-7-13(15,16)17/h5-6H,7H2,1-4H3,(H2,18,19). The highest BCUT2D eigenvalue weighted by molar-refractivity contribution is 6.62. The average Bonchev–Trinajstić information content (AvgIpc) is 2.56. The van der Waals surface area contributed by atoms with E-state index in [1.807, 2.05) is 27.7 Å². The predicted octanol–water partition coefficient (Wildman–Crippen LogP) is 1.90. The van der Waals surface area contributed by atoms with Crippen LogP contribution in [-0.2, 0) is 9.31 Å². The predicted molar refractivity (Wildman–Crippen MR) is 75.9 cm³/mol. The summed E-state index contributed by atoms with van der Waals surface area (Å²) >= 11 is 0. The van der Waals surface area contributed by atoms with Gasteiger partial charge in [-0.1, -0.05) is 0 Å². The number of pyridine rings is 1. The SMILES string of the molecule is CC1(C)OB(c2cnc(N)c(OCC(F)(F)F)c2)OC1(C)C. The molecular formula is C13H18BF3N2O3. The molecular weight excluding hydrogens is 300 g/mol.